The Balaban J connectivity index is 1.50. The quantitative estimate of drug-likeness (QED) is 0.218. The number of thiazole rings is 1. The van der Waals surface area contributed by atoms with E-state index >= 15 is 0 Å². The summed E-state index contributed by atoms with van der Waals surface area (Å²) in [7, 11) is -3.95. The molecule has 1 aromatic heterocycles. The number of carbonyl (C=O) groups excluding carboxylic acids is 2. The molecule has 232 valence electrons. The Morgan fingerprint density at radius 2 is 1.74 bits per heavy atom. The number of ether oxygens (including phenoxy) is 1. The molecule has 1 aliphatic rings. The van der Waals surface area contributed by atoms with Gasteiger partial charge in [0.15, 0.2) is 0 Å². The van der Waals surface area contributed by atoms with Crippen molar-refractivity contribution in [3.8, 4) is 10.4 Å². The van der Waals surface area contributed by atoms with Crippen molar-refractivity contribution in [3.05, 3.63) is 65.3 Å². The second-order valence-corrected chi connectivity index (χ2v) is 14.8. The van der Waals surface area contributed by atoms with E-state index in [4.69, 9.17) is 4.74 Å². The van der Waals surface area contributed by atoms with Crippen molar-refractivity contribution >= 4 is 39.2 Å². The van der Waals surface area contributed by atoms with Gasteiger partial charge in [0.1, 0.15) is 0 Å². The van der Waals surface area contributed by atoms with E-state index in [0.717, 1.165) is 41.1 Å². The van der Waals surface area contributed by atoms with Gasteiger partial charge >= 0.3 is 12.1 Å². The first-order chi connectivity index (χ1) is 20.3. The lowest BCUT2D eigenvalue weighted by Crippen LogP contribution is -2.40. The van der Waals surface area contributed by atoms with Gasteiger partial charge in [-0.05, 0) is 78.0 Å². The van der Waals surface area contributed by atoms with Gasteiger partial charge in [0.2, 0.25) is 10.0 Å². The van der Waals surface area contributed by atoms with Crippen LogP contribution in [0.15, 0.2) is 59.6 Å². The Morgan fingerprint density at radius 1 is 1.05 bits per heavy atom. The molecule has 0 bridgehead atoms. The summed E-state index contributed by atoms with van der Waals surface area (Å²) in [5.41, 5.74) is 1.11. The molecule has 0 unspecified atom stereocenters. The van der Waals surface area contributed by atoms with Crippen molar-refractivity contribution in [1.82, 2.24) is 20.3 Å². The Kier molecular flexibility index (Phi) is 10.5. The Morgan fingerprint density at radius 3 is 2.40 bits per heavy atom. The van der Waals surface area contributed by atoms with Crippen LogP contribution in [0.1, 0.15) is 76.8 Å². The van der Waals surface area contributed by atoms with E-state index < -0.39 is 21.6 Å². The maximum Gasteiger partial charge on any atom is 0.407 e. The Labute approximate surface area is 258 Å². The van der Waals surface area contributed by atoms with Crippen LogP contribution < -0.4 is 20.7 Å². The molecule has 1 fully saturated rings. The number of urea groups is 1. The largest absolute Gasteiger partial charge is 0.447 e. The lowest BCUT2D eigenvalue weighted by atomic mass is 9.86. The third-order valence-corrected chi connectivity index (χ3v) is 9.79. The molecule has 3 amide bonds. The zero-order chi connectivity index (χ0) is 31.2. The maximum absolute atomic E-state index is 13.6. The fraction of sp³-hybridized carbons (Fsp3) is 0.452. The highest BCUT2D eigenvalue weighted by Gasteiger charge is 2.29. The number of carbonyl (C=O) groups is 2. The average Bonchev–Trinajstić information content (AvgIpc) is 3.41. The second kappa shape index (κ2) is 13.9. The van der Waals surface area contributed by atoms with Crippen LogP contribution in [0.4, 0.5) is 15.3 Å². The SMILES string of the molecule is CC(C)OC(=O)N[C@H]1CC[C@H](c2ncc(-c3ccc(NC(=O)NCc4ccccc4)cc3S(=O)(=O)NC(C)(C)C)s2)CC1. The smallest absolute Gasteiger partial charge is 0.407 e. The van der Waals surface area contributed by atoms with Gasteiger partial charge in [-0.1, -0.05) is 36.4 Å². The maximum atomic E-state index is 13.6. The predicted octanol–water partition coefficient (Wildman–Crippen LogP) is 6.37. The zero-order valence-corrected chi connectivity index (χ0v) is 26.9. The van der Waals surface area contributed by atoms with Crippen LogP contribution in [0.2, 0.25) is 0 Å². The summed E-state index contributed by atoms with van der Waals surface area (Å²) in [5, 5.41) is 9.44. The molecule has 43 heavy (non-hydrogen) atoms. The van der Waals surface area contributed by atoms with Crippen molar-refractivity contribution in [3.63, 3.8) is 0 Å². The Bertz CT molecular complexity index is 1510. The van der Waals surface area contributed by atoms with Gasteiger partial charge in [-0.25, -0.2) is 27.7 Å². The molecule has 0 atom stereocenters. The van der Waals surface area contributed by atoms with Gasteiger partial charge in [-0.2, -0.15) is 0 Å². The van der Waals surface area contributed by atoms with E-state index in [1.807, 2.05) is 44.2 Å². The van der Waals surface area contributed by atoms with Crippen molar-refractivity contribution in [2.75, 3.05) is 5.32 Å². The molecule has 0 saturated heterocycles. The third kappa shape index (κ3) is 9.50. The minimum atomic E-state index is -3.95. The van der Waals surface area contributed by atoms with Crippen LogP contribution in [0.3, 0.4) is 0 Å². The predicted molar refractivity (Wildman–Crippen MR) is 170 cm³/mol. The monoisotopic (exact) mass is 627 g/mol. The summed E-state index contributed by atoms with van der Waals surface area (Å²) < 4.78 is 35.1. The van der Waals surface area contributed by atoms with Crippen LogP contribution in [0, 0.1) is 0 Å². The van der Waals surface area contributed by atoms with E-state index in [2.05, 4.69) is 25.7 Å². The molecule has 0 aliphatic heterocycles. The molecule has 1 aliphatic carbocycles. The van der Waals surface area contributed by atoms with E-state index in [1.165, 1.54) is 17.4 Å². The number of nitrogens with zero attached hydrogens (tertiary/aromatic N) is 1. The summed E-state index contributed by atoms with van der Waals surface area (Å²) in [6, 6.07) is 14.0. The number of anilines is 1. The molecule has 4 N–H and O–H groups in total. The molecule has 1 heterocycles. The van der Waals surface area contributed by atoms with Gasteiger partial charge in [-0.3, -0.25) is 0 Å². The van der Waals surface area contributed by atoms with E-state index in [9.17, 15) is 18.0 Å². The number of alkyl carbamates (subject to hydrolysis) is 1. The summed E-state index contributed by atoms with van der Waals surface area (Å²) in [5.74, 6) is 0.222. The third-order valence-electron chi connectivity index (χ3n) is 6.80. The number of rotatable bonds is 9. The van der Waals surface area contributed by atoms with Gasteiger partial charge in [0, 0.05) is 41.5 Å². The van der Waals surface area contributed by atoms with Gasteiger partial charge in [-0.15, -0.1) is 11.3 Å². The van der Waals surface area contributed by atoms with Crippen molar-refractivity contribution in [2.45, 2.75) is 95.3 Å². The topological polar surface area (TPSA) is 139 Å². The molecular weight excluding hydrogens is 587 g/mol. The number of hydrogen-bond donors (Lipinski definition) is 4. The molecule has 4 rings (SSSR count). The van der Waals surface area contributed by atoms with Crippen LogP contribution in [0.5, 0.6) is 0 Å². The molecule has 2 aromatic carbocycles. The summed E-state index contributed by atoms with van der Waals surface area (Å²) in [6.45, 7) is 9.32. The van der Waals surface area contributed by atoms with E-state index in [-0.39, 0.29) is 29.1 Å². The van der Waals surface area contributed by atoms with E-state index in [0.29, 0.717) is 17.8 Å². The lowest BCUT2D eigenvalue weighted by Gasteiger charge is -2.28. The fourth-order valence-electron chi connectivity index (χ4n) is 4.94. The summed E-state index contributed by atoms with van der Waals surface area (Å²) in [6.07, 6.45) is 4.51. The fourth-order valence-corrected chi connectivity index (χ4v) is 7.79. The van der Waals surface area contributed by atoms with Crippen LogP contribution in [-0.2, 0) is 21.3 Å². The molecule has 1 saturated carbocycles. The molecular formula is C31H41N5O5S2. The standard InChI is InChI=1S/C31H41N5O5S2/c1-20(2)41-30(38)35-23-13-11-22(12-14-23)28-32-19-26(42-28)25-16-15-24(17-27(25)43(39,40)36-31(3,4)5)34-29(37)33-18-21-9-7-6-8-10-21/h6-10,15-17,19-20,22-23,36H,11-14,18H2,1-5H3,(H,35,38)(H2,33,34,37)/t22-,23-. The van der Waals surface area contributed by atoms with Gasteiger partial charge in [0.05, 0.1) is 20.9 Å². The van der Waals surface area contributed by atoms with Crippen LogP contribution in [0.25, 0.3) is 10.4 Å². The molecule has 3 aromatic rings. The molecule has 0 spiro atoms. The highest BCUT2D eigenvalue weighted by atomic mass is 32.2. The Hall–Kier alpha value is -3.48. The van der Waals surface area contributed by atoms with Crippen molar-refractivity contribution in [2.24, 2.45) is 0 Å². The number of benzene rings is 2. The molecule has 12 heteroatoms. The van der Waals surface area contributed by atoms with Crippen molar-refractivity contribution < 1.29 is 22.7 Å². The first-order valence-corrected chi connectivity index (χ1v) is 16.8. The molecule has 0 radical (unpaired) electrons. The lowest BCUT2D eigenvalue weighted by molar-refractivity contribution is 0.109. The molecule has 10 nitrogen and oxygen atoms in total. The first kappa shape index (κ1) is 32.4. The summed E-state index contributed by atoms with van der Waals surface area (Å²) in [4.78, 5) is 30.1. The minimum Gasteiger partial charge on any atom is -0.447 e. The van der Waals surface area contributed by atoms with Crippen LogP contribution in [-0.4, -0.2) is 43.2 Å². The summed E-state index contributed by atoms with van der Waals surface area (Å²) >= 11 is 1.47. The number of sulfonamides is 1. The van der Waals surface area contributed by atoms with E-state index in [1.54, 1.807) is 39.1 Å². The van der Waals surface area contributed by atoms with Crippen LogP contribution >= 0.6 is 11.3 Å². The number of hydrogen-bond acceptors (Lipinski definition) is 7. The number of amides is 3. The zero-order valence-electron chi connectivity index (χ0n) is 25.3. The van der Waals surface area contributed by atoms with Gasteiger partial charge in [0.25, 0.3) is 0 Å². The van der Waals surface area contributed by atoms with Gasteiger partial charge < -0.3 is 20.7 Å². The number of nitrogens with one attached hydrogen (secondary N) is 4. The number of aromatic nitrogens is 1. The van der Waals surface area contributed by atoms with Crippen molar-refractivity contribution in [1.29, 1.82) is 0 Å². The minimum absolute atomic E-state index is 0.0621. The second-order valence-electron chi connectivity index (χ2n) is 12.1. The normalized spacial score (nSPS) is 17.3. The highest BCUT2D eigenvalue weighted by Crippen LogP contribution is 2.40. The highest BCUT2D eigenvalue weighted by molar-refractivity contribution is 7.89. The average molecular weight is 628 g/mol. The first-order valence-electron chi connectivity index (χ1n) is 14.5.